The largest absolute Gasteiger partial charge is 0.372 e. The van der Waals surface area contributed by atoms with E-state index in [9.17, 15) is 9.18 Å². The van der Waals surface area contributed by atoms with Gasteiger partial charge in [0.15, 0.2) is 0 Å². The molecule has 0 radical (unpaired) electrons. The molecule has 24 heavy (non-hydrogen) atoms. The molecule has 1 amide bonds. The van der Waals surface area contributed by atoms with Crippen molar-refractivity contribution in [1.29, 1.82) is 5.26 Å². The number of carbonyl (C=O) groups excluding carboxylic acids is 1. The second-order valence-corrected chi connectivity index (χ2v) is 6.85. The predicted molar refractivity (Wildman–Crippen MR) is 87.7 cm³/mol. The molecule has 1 aliphatic carbocycles. The molecule has 2 aromatic heterocycles. The molecule has 1 aliphatic rings. The van der Waals surface area contributed by atoms with Gasteiger partial charge in [0, 0.05) is 24.6 Å². The molecule has 0 saturated heterocycles. The highest BCUT2D eigenvalue weighted by Crippen LogP contribution is 2.39. The first-order valence-corrected chi connectivity index (χ1v) is 8.29. The maximum absolute atomic E-state index is 14.6. The van der Waals surface area contributed by atoms with Gasteiger partial charge in [0.2, 0.25) is 0 Å². The van der Waals surface area contributed by atoms with Gasteiger partial charge in [-0.25, -0.2) is 4.39 Å². The summed E-state index contributed by atoms with van der Waals surface area (Å²) in [6.07, 6.45) is 1.98. The Morgan fingerprint density at radius 3 is 2.96 bits per heavy atom. The number of aryl methyl sites for hydroxylation is 2. The summed E-state index contributed by atoms with van der Waals surface area (Å²) in [6.45, 7) is 3.47. The van der Waals surface area contributed by atoms with Crippen molar-refractivity contribution in [3.63, 3.8) is 0 Å². The molecule has 3 N–H and O–H groups in total. The molecule has 2 aromatic rings. The number of hydrogen-bond acceptors (Lipinski definition) is 6. The molecule has 0 atom stereocenters. The van der Waals surface area contributed by atoms with Crippen LogP contribution in [0.25, 0.3) is 0 Å². The second-order valence-electron chi connectivity index (χ2n) is 6.08. The fraction of sp³-hybridized carbons (Fsp3) is 0.467. The molecule has 126 valence electrons. The first-order valence-electron chi connectivity index (χ1n) is 7.52. The van der Waals surface area contributed by atoms with Crippen LogP contribution >= 0.6 is 11.5 Å². The Balaban J connectivity index is 1.51. The van der Waals surface area contributed by atoms with Gasteiger partial charge in [0.25, 0.3) is 5.91 Å². The number of nitrogens with one attached hydrogen (secondary N) is 3. The van der Waals surface area contributed by atoms with E-state index in [1.165, 1.54) is 17.7 Å². The highest BCUT2D eigenvalue weighted by Gasteiger charge is 2.45. The van der Waals surface area contributed by atoms with E-state index < -0.39 is 5.67 Å². The lowest BCUT2D eigenvalue weighted by Gasteiger charge is -2.41. The van der Waals surface area contributed by atoms with Crippen LogP contribution in [0.15, 0.2) is 6.20 Å². The highest BCUT2D eigenvalue weighted by molar-refractivity contribution is 7.10. The van der Waals surface area contributed by atoms with Gasteiger partial charge in [-0.2, -0.15) is 14.7 Å². The van der Waals surface area contributed by atoms with Crippen LogP contribution in [0.1, 0.15) is 40.2 Å². The van der Waals surface area contributed by atoms with Gasteiger partial charge in [0.1, 0.15) is 22.3 Å². The van der Waals surface area contributed by atoms with Crippen LogP contribution in [0.3, 0.4) is 0 Å². The fourth-order valence-corrected chi connectivity index (χ4v) is 3.59. The summed E-state index contributed by atoms with van der Waals surface area (Å²) in [7, 11) is 0. The summed E-state index contributed by atoms with van der Waals surface area (Å²) >= 11 is 1.21. The SMILES string of the molecule is Cc1nsc(NC2CC(F)(CNC(=O)c3cn[nH]c3C)C2)c1C#N. The number of anilines is 1. The van der Waals surface area contributed by atoms with E-state index in [0.717, 1.165) is 0 Å². The molecule has 0 unspecified atom stereocenters. The Morgan fingerprint density at radius 1 is 1.58 bits per heavy atom. The molecule has 1 saturated carbocycles. The van der Waals surface area contributed by atoms with Crippen molar-refractivity contribution in [2.24, 2.45) is 0 Å². The number of nitrogens with zero attached hydrogens (tertiary/aromatic N) is 3. The third-order valence-corrected chi connectivity index (χ3v) is 5.04. The summed E-state index contributed by atoms with van der Waals surface area (Å²) in [5.41, 5.74) is 0.834. The van der Waals surface area contributed by atoms with Crippen molar-refractivity contribution in [1.82, 2.24) is 19.9 Å². The zero-order valence-corrected chi connectivity index (χ0v) is 14.1. The van der Waals surface area contributed by atoms with Crippen molar-refractivity contribution < 1.29 is 9.18 Å². The van der Waals surface area contributed by atoms with Crippen LogP contribution in [0.4, 0.5) is 9.39 Å². The van der Waals surface area contributed by atoms with Crippen LogP contribution in [0.2, 0.25) is 0 Å². The minimum atomic E-state index is -1.43. The zero-order chi connectivity index (χ0) is 17.3. The average molecular weight is 348 g/mol. The Hall–Kier alpha value is -2.47. The first-order chi connectivity index (χ1) is 11.4. The van der Waals surface area contributed by atoms with Crippen molar-refractivity contribution >= 4 is 22.4 Å². The Bertz CT molecular complexity index is 801. The lowest BCUT2D eigenvalue weighted by Crippen LogP contribution is -2.53. The van der Waals surface area contributed by atoms with E-state index in [-0.39, 0.29) is 31.3 Å². The number of rotatable bonds is 5. The fourth-order valence-electron chi connectivity index (χ4n) is 2.77. The van der Waals surface area contributed by atoms with Crippen molar-refractivity contribution in [2.75, 3.05) is 11.9 Å². The van der Waals surface area contributed by atoms with Crippen molar-refractivity contribution in [2.45, 2.75) is 38.4 Å². The number of aromatic nitrogens is 3. The van der Waals surface area contributed by atoms with Gasteiger partial charge in [-0.05, 0) is 25.4 Å². The average Bonchev–Trinajstić information content (AvgIpc) is 3.09. The number of nitriles is 1. The van der Waals surface area contributed by atoms with Crippen LogP contribution in [-0.4, -0.2) is 38.7 Å². The van der Waals surface area contributed by atoms with Crippen LogP contribution in [0.5, 0.6) is 0 Å². The quantitative estimate of drug-likeness (QED) is 0.767. The number of aromatic amines is 1. The van der Waals surface area contributed by atoms with E-state index in [0.29, 0.717) is 27.5 Å². The number of H-pyrrole nitrogens is 1. The number of carbonyl (C=O) groups is 1. The molecular formula is C15H17FN6OS. The van der Waals surface area contributed by atoms with Crippen LogP contribution in [0, 0.1) is 25.2 Å². The van der Waals surface area contributed by atoms with Crippen molar-refractivity contribution in [3.05, 3.63) is 28.7 Å². The third kappa shape index (κ3) is 3.10. The summed E-state index contributed by atoms with van der Waals surface area (Å²) in [5, 5.41) is 22.0. The number of hydrogen-bond donors (Lipinski definition) is 3. The number of halogens is 1. The van der Waals surface area contributed by atoms with E-state index in [1.807, 2.05) is 0 Å². The molecule has 2 heterocycles. The smallest absolute Gasteiger partial charge is 0.254 e. The van der Waals surface area contributed by atoms with Gasteiger partial charge in [-0.15, -0.1) is 0 Å². The molecule has 7 nitrogen and oxygen atoms in total. The lowest BCUT2D eigenvalue weighted by molar-refractivity contribution is 0.0479. The molecule has 0 spiro atoms. The maximum Gasteiger partial charge on any atom is 0.254 e. The number of alkyl halides is 1. The normalized spacial score (nSPS) is 22.5. The summed E-state index contributed by atoms with van der Waals surface area (Å²) in [4.78, 5) is 12.0. The minimum absolute atomic E-state index is 0.0402. The van der Waals surface area contributed by atoms with Gasteiger partial charge in [-0.1, -0.05) is 0 Å². The van der Waals surface area contributed by atoms with Gasteiger partial charge < -0.3 is 10.6 Å². The number of amides is 1. The topological polar surface area (TPSA) is 106 Å². The van der Waals surface area contributed by atoms with Crippen LogP contribution < -0.4 is 10.6 Å². The summed E-state index contributed by atoms with van der Waals surface area (Å²) < 4.78 is 18.7. The molecule has 3 rings (SSSR count). The lowest BCUT2D eigenvalue weighted by atomic mass is 9.77. The van der Waals surface area contributed by atoms with Gasteiger partial charge in [0.05, 0.1) is 24.0 Å². The van der Waals surface area contributed by atoms with E-state index in [1.54, 1.807) is 13.8 Å². The predicted octanol–water partition coefficient (Wildman–Crippen LogP) is 2.07. The standard InChI is InChI=1S/C15H17FN6OS/c1-8-12(6-19-21-8)13(23)18-7-15(16)3-10(4-15)20-14-11(5-17)9(2)22-24-14/h6,10,20H,3-4,7H2,1-2H3,(H,18,23)(H,19,21). The van der Waals surface area contributed by atoms with E-state index in [2.05, 4.69) is 31.3 Å². The van der Waals surface area contributed by atoms with Crippen molar-refractivity contribution in [3.8, 4) is 6.07 Å². The highest BCUT2D eigenvalue weighted by atomic mass is 32.1. The molecular weight excluding hydrogens is 331 g/mol. The van der Waals surface area contributed by atoms with Crippen LogP contribution in [-0.2, 0) is 0 Å². The van der Waals surface area contributed by atoms with E-state index in [4.69, 9.17) is 5.26 Å². The Morgan fingerprint density at radius 2 is 2.33 bits per heavy atom. The summed E-state index contributed by atoms with van der Waals surface area (Å²) in [5.74, 6) is -0.334. The van der Waals surface area contributed by atoms with Gasteiger partial charge in [-0.3, -0.25) is 9.89 Å². The summed E-state index contributed by atoms with van der Waals surface area (Å²) in [6, 6.07) is 2.04. The molecule has 0 aliphatic heterocycles. The molecule has 0 bridgehead atoms. The zero-order valence-electron chi connectivity index (χ0n) is 13.3. The van der Waals surface area contributed by atoms with E-state index >= 15 is 0 Å². The second kappa shape index (κ2) is 6.20. The monoisotopic (exact) mass is 348 g/mol. The van der Waals surface area contributed by atoms with Gasteiger partial charge >= 0.3 is 0 Å². The molecule has 9 heteroatoms. The third-order valence-electron chi connectivity index (χ3n) is 4.17. The minimum Gasteiger partial charge on any atom is -0.372 e. The first kappa shape index (κ1) is 16.4. The molecule has 1 fully saturated rings. The Labute approximate surface area is 142 Å². The Kier molecular flexibility index (Phi) is 4.24. The maximum atomic E-state index is 14.6. The molecule has 0 aromatic carbocycles.